The van der Waals surface area contributed by atoms with Crippen LogP contribution in [0.5, 0.6) is 0 Å². The number of aliphatic hydroxyl groups is 1. The maximum atomic E-state index is 13.4. The minimum atomic E-state index is -1.19. The summed E-state index contributed by atoms with van der Waals surface area (Å²) in [6, 6.07) is 38.1. The third kappa shape index (κ3) is 14.6. The molecule has 73 heavy (non-hydrogen) atoms. The number of furan rings is 2. The molecule has 2 saturated heterocycles. The summed E-state index contributed by atoms with van der Waals surface area (Å²) in [5.74, 6) is -1.42. The Balaban J connectivity index is 0.000000225. The van der Waals surface area contributed by atoms with E-state index in [1.54, 1.807) is 13.0 Å². The number of ketones is 1. The van der Waals surface area contributed by atoms with Crippen LogP contribution in [0.1, 0.15) is 110 Å². The lowest BCUT2D eigenvalue weighted by atomic mass is 9.97. The molecule has 0 radical (unpaired) electrons. The van der Waals surface area contributed by atoms with E-state index in [9.17, 15) is 29.1 Å². The maximum Gasteiger partial charge on any atom is 0.417 e. The van der Waals surface area contributed by atoms with Crippen LogP contribution in [0.15, 0.2) is 130 Å². The summed E-state index contributed by atoms with van der Waals surface area (Å²) in [6.45, 7) is 10.8. The van der Waals surface area contributed by atoms with Crippen molar-refractivity contribution in [3.8, 4) is 22.3 Å². The van der Waals surface area contributed by atoms with E-state index in [2.05, 4.69) is 46.7 Å². The second-order valence-electron chi connectivity index (χ2n) is 18.6. The van der Waals surface area contributed by atoms with Crippen LogP contribution in [0, 0.1) is 25.7 Å². The number of aryl methyl sites for hydroxylation is 4. The zero-order valence-electron chi connectivity index (χ0n) is 43.5. The highest BCUT2D eigenvalue weighted by atomic mass is 32.6. The van der Waals surface area contributed by atoms with E-state index in [0.29, 0.717) is 25.0 Å². The number of ether oxygens (including phenoxy) is 2. The molecule has 12 nitrogen and oxygen atoms in total. The first-order chi connectivity index (χ1) is 35.5. The summed E-state index contributed by atoms with van der Waals surface area (Å²) in [5.41, 5.74) is 8.03. The molecule has 2 fully saturated rings. The second-order valence-corrected chi connectivity index (χ2v) is 21.3. The van der Waals surface area contributed by atoms with Crippen molar-refractivity contribution in [1.82, 2.24) is 9.80 Å². The van der Waals surface area contributed by atoms with Gasteiger partial charge in [0.1, 0.15) is 42.5 Å². The number of amides is 4. The number of nitrogens with zero attached hydrogens (tertiary/aromatic N) is 2. The highest BCUT2D eigenvalue weighted by molar-refractivity contribution is 8.24. The van der Waals surface area contributed by atoms with Gasteiger partial charge in [0.2, 0.25) is 17.6 Å². The number of imide groups is 2. The third-order valence-corrected chi connectivity index (χ3v) is 13.0. The molecule has 384 valence electrons. The standard InChI is InChI=1S/C29H33NO5.C29H31NO5.H2P2S/c2*1-4-5-14-25-24(22-13-9-10-19(2)15-22)17-26(35-25)27(31)20(3)28(32)30-23(18-34-29(30)33)16-21-11-7-6-8-12-21;1-2-3/h6-13,15,17,20,23,27,31H,4-5,14,16,18H2,1-3H3;6-13,15,17,20,23H,4-5,14,16,18H2,1-3H3;1H2/p+1/t20-,23-,27-;20-,23-;/m00./s1/i/hT. The van der Waals surface area contributed by atoms with Crippen molar-refractivity contribution in [2.45, 2.75) is 111 Å². The van der Waals surface area contributed by atoms with Crippen LogP contribution in [-0.2, 0) is 56.6 Å². The van der Waals surface area contributed by atoms with E-state index in [1.807, 2.05) is 117 Å². The molecule has 0 spiro atoms. The van der Waals surface area contributed by atoms with Crippen molar-refractivity contribution >= 4 is 57.5 Å². The first-order valence-corrected chi connectivity index (χ1v) is 28.4. The normalized spacial score (nSPS) is 16.7. The minimum absolute atomic E-state index is 0.111. The van der Waals surface area contributed by atoms with Gasteiger partial charge < -0.3 is 23.4 Å². The van der Waals surface area contributed by atoms with E-state index in [-0.39, 0.29) is 19.0 Å². The molecule has 2 aliphatic heterocycles. The van der Waals surface area contributed by atoms with Gasteiger partial charge in [-0.3, -0.25) is 14.4 Å². The fourth-order valence-corrected chi connectivity index (χ4v) is 8.97. The summed E-state index contributed by atoms with van der Waals surface area (Å²) in [4.78, 5) is 67.2. The van der Waals surface area contributed by atoms with Crippen LogP contribution in [0.2, 0.25) is 0 Å². The third-order valence-electron chi connectivity index (χ3n) is 13.0. The molecule has 15 heteroatoms. The molecule has 2 aromatic heterocycles. The number of aliphatic hydroxyl groups excluding tert-OH is 1. The lowest BCUT2D eigenvalue weighted by Crippen LogP contribution is -2.44. The number of hydrogen-bond acceptors (Lipinski definition) is 11. The Hall–Kier alpha value is -6.10. The van der Waals surface area contributed by atoms with Gasteiger partial charge >= 0.3 is 13.5 Å². The Morgan fingerprint density at radius 3 is 1.62 bits per heavy atom. The highest BCUT2D eigenvalue weighted by Crippen LogP contribution is 2.36. The zero-order chi connectivity index (χ0) is 53.5. The van der Waals surface area contributed by atoms with Gasteiger partial charge in [-0.05, 0) is 80.8 Å². The summed E-state index contributed by atoms with van der Waals surface area (Å²) < 4.78 is 28.9. The molecule has 1 N–H and O–H groups in total. The number of carbonyl (C=O) groups excluding carboxylic acids is 5. The number of Topliss-reactive ketones (excluding diaryl/α,β-unsaturated/α-hetero) is 1. The number of rotatable bonds is 18. The van der Waals surface area contributed by atoms with Crippen molar-refractivity contribution in [3.63, 3.8) is 0 Å². The van der Waals surface area contributed by atoms with E-state index < -0.39 is 66.8 Å². The fourth-order valence-electron chi connectivity index (χ4n) is 8.97. The van der Waals surface area contributed by atoms with Crippen LogP contribution >= 0.6 is 15.9 Å². The monoisotopic (exact) mass is 1050 g/mol. The average Bonchev–Trinajstić information content (AvgIpc) is 4.19. The number of unbranched alkanes of at least 4 members (excludes halogenated alkanes) is 2. The van der Waals surface area contributed by atoms with Crippen molar-refractivity contribution in [3.05, 3.63) is 167 Å². The van der Waals surface area contributed by atoms with Crippen LogP contribution in [-0.4, -0.2) is 71.3 Å². The van der Waals surface area contributed by atoms with Crippen LogP contribution in [0.4, 0.5) is 9.59 Å². The highest BCUT2D eigenvalue weighted by Gasteiger charge is 2.44. The topological polar surface area (TPSA) is 157 Å². The molecule has 0 bridgehead atoms. The summed E-state index contributed by atoms with van der Waals surface area (Å²) >= 11 is 4.31. The fraction of sp³-hybridized carbons (Fsp3) is 0.362. The Kier molecular flexibility index (Phi) is 20.4. The summed E-state index contributed by atoms with van der Waals surface area (Å²) in [7, 11) is 2.20. The Morgan fingerprint density at radius 1 is 0.699 bits per heavy atom. The van der Waals surface area contributed by atoms with E-state index >= 15 is 0 Å². The number of benzene rings is 4. The average molecular weight is 1050 g/mol. The van der Waals surface area contributed by atoms with Gasteiger partial charge in [0.05, 0.1) is 26.9 Å². The number of carbonyl (C=O) groups is 5. The predicted molar refractivity (Wildman–Crippen MR) is 292 cm³/mol. The lowest BCUT2D eigenvalue weighted by Gasteiger charge is -2.25. The maximum absolute atomic E-state index is 13.4. The molecule has 4 amide bonds. The molecule has 4 aromatic carbocycles. The van der Waals surface area contributed by atoms with Gasteiger partial charge in [0, 0.05) is 24.0 Å². The predicted octanol–water partition coefficient (Wildman–Crippen LogP) is 12.8. The molecule has 2 unspecified atom stereocenters. The zero-order valence-corrected chi connectivity index (χ0v) is 45.3. The minimum Gasteiger partial charge on any atom is -0.463 e. The van der Waals surface area contributed by atoms with Gasteiger partial charge in [0.25, 0.3) is 0 Å². The molecule has 6 aromatic rings. The van der Waals surface area contributed by atoms with Gasteiger partial charge in [-0.2, -0.15) is 0 Å². The van der Waals surface area contributed by atoms with Crippen LogP contribution in [0.25, 0.3) is 22.3 Å². The first kappa shape index (κ1) is 54.7. The van der Waals surface area contributed by atoms with Gasteiger partial charge in [0.15, 0.2) is 24.6 Å². The Labute approximate surface area is 439 Å². The smallest absolute Gasteiger partial charge is 0.417 e. The molecule has 2 aliphatic rings. The van der Waals surface area contributed by atoms with Crippen molar-refractivity contribution in [1.29, 1.82) is 1.28 Å². The Morgan fingerprint density at radius 2 is 1.15 bits per heavy atom. The second kappa shape index (κ2) is 27.3. The van der Waals surface area contributed by atoms with Crippen molar-refractivity contribution in [2.75, 3.05) is 13.2 Å². The molecular formula is C58H67N2O10P2S+. The van der Waals surface area contributed by atoms with Gasteiger partial charge in [-0.15, -0.1) is 0 Å². The van der Waals surface area contributed by atoms with Crippen molar-refractivity contribution < 1.29 is 47.4 Å². The van der Waals surface area contributed by atoms with Crippen molar-refractivity contribution in [2.24, 2.45) is 11.8 Å². The molecule has 7 atom stereocenters. The van der Waals surface area contributed by atoms with Crippen LogP contribution in [0.3, 0.4) is 0 Å². The van der Waals surface area contributed by atoms with Crippen LogP contribution < -0.4 is 0 Å². The molecule has 8 rings (SSSR count). The molecule has 0 saturated carbocycles. The largest absolute Gasteiger partial charge is 0.463 e. The first-order valence-electron chi connectivity index (χ1n) is 25.4. The summed E-state index contributed by atoms with van der Waals surface area (Å²) in [6.07, 6.45) is 3.74. The van der Waals surface area contributed by atoms with E-state index in [0.717, 1.165) is 97.9 Å². The molecule has 0 aliphatic carbocycles. The molecule has 4 heterocycles. The number of cyclic esters (lactones) is 2. The van der Waals surface area contributed by atoms with E-state index in [1.165, 1.54) is 6.92 Å². The Bertz CT molecular complexity index is 2890. The van der Waals surface area contributed by atoms with Gasteiger partial charge in [-0.1, -0.05) is 154 Å². The summed E-state index contributed by atoms with van der Waals surface area (Å²) in [5, 5.41) is 11.2. The van der Waals surface area contributed by atoms with Gasteiger partial charge in [-0.25, -0.2) is 19.4 Å². The quantitative estimate of drug-likeness (QED) is 0.0496. The molecular weight excluding hydrogens is 979 g/mol. The van der Waals surface area contributed by atoms with E-state index in [4.69, 9.17) is 19.6 Å². The SMILES string of the molecule is CCCCc1oc(C(=O)[C@H](C)C(=O)N2C(=O)OC[C@@H]2Cc2ccccc2)cc1-c1cccc(C)c1.CCCCc1oc([C@@H](O)[C@H](C)C(=O)N2C(=O)OC[C@@H]2Cc2ccccc2)cc1-c1cccc(C)c1.[3H][P+](P)=S. The lowest BCUT2D eigenvalue weighted by molar-refractivity contribution is -0.137. The number of hydrogen-bond donors (Lipinski definition) is 1.